The number of thiophene rings is 1. The minimum atomic E-state index is -0.405. The van der Waals surface area contributed by atoms with Crippen LogP contribution >= 0.6 is 11.3 Å². The monoisotopic (exact) mass is 447 g/mol. The Kier molecular flexibility index (Phi) is 6.13. The number of aryl methyl sites for hydroxylation is 1. The van der Waals surface area contributed by atoms with E-state index in [-0.39, 0.29) is 18.0 Å². The van der Waals surface area contributed by atoms with Gasteiger partial charge in [0.1, 0.15) is 4.83 Å². The van der Waals surface area contributed by atoms with E-state index in [1.54, 1.807) is 44.2 Å². The lowest BCUT2D eigenvalue weighted by molar-refractivity contribution is 0.0526. The fourth-order valence-electron chi connectivity index (χ4n) is 3.41. The fraction of sp³-hybridized carbons (Fsp3) is 0.167. The molecule has 2 aromatic carbocycles. The molecular formula is C24H21N3O4S. The summed E-state index contributed by atoms with van der Waals surface area (Å²) in [5.41, 5.74) is 2.25. The van der Waals surface area contributed by atoms with Gasteiger partial charge in [-0.25, -0.2) is 9.78 Å². The highest BCUT2D eigenvalue weighted by Crippen LogP contribution is 2.27. The summed E-state index contributed by atoms with van der Waals surface area (Å²) in [4.78, 5) is 43.3. The number of carbonyl (C=O) groups is 2. The molecule has 8 heteroatoms. The number of para-hydroxylation sites is 1. The second-order valence-corrected chi connectivity index (χ2v) is 8.15. The number of benzene rings is 2. The predicted molar refractivity (Wildman–Crippen MR) is 125 cm³/mol. The minimum absolute atomic E-state index is 0.232. The third-order valence-electron chi connectivity index (χ3n) is 4.95. The van der Waals surface area contributed by atoms with Crippen molar-refractivity contribution in [2.24, 2.45) is 0 Å². The van der Waals surface area contributed by atoms with Gasteiger partial charge in [-0.05, 0) is 49.2 Å². The van der Waals surface area contributed by atoms with Gasteiger partial charge in [0.05, 0.1) is 35.3 Å². The number of aromatic nitrogens is 2. The second-order valence-electron chi connectivity index (χ2n) is 7.15. The lowest BCUT2D eigenvalue weighted by Crippen LogP contribution is -2.21. The number of fused-ring (bicyclic) bond motifs is 1. The number of nitrogens with zero attached hydrogens (tertiary/aromatic N) is 2. The van der Waals surface area contributed by atoms with Crippen LogP contribution in [0, 0.1) is 6.92 Å². The maximum atomic E-state index is 13.2. The highest BCUT2D eigenvalue weighted by atomic mass is 32.1. The van der Waals surface area contributed by atoms with Crippen LogP contribution in [0.2, 0.25) is 0 Å². The van der Waals surface area contributed by atoms with Gasteiger partial charge in [-0.1, -0.05) is 30.3 Å². The second kappa shape index (κ2) is 9.15. The van der Waals surface area contributed by atoms with E-state index in [9.17, 15) is 14.4 Å². The molecule has 0 aliphatic heterocycles. The van der Waals surface area contributed by atoms with Crippen LogP contribution < -0.4 is 10.9 Å². The van der Waals surface area contributed by atoms with Gasteiger partial charge in [-0.2, -0.15) is 0 Å². The van der Waals surface area contributed by atoms with E-state index >= 15 is 0 Å². The molecule has 4 aromatic rings. The molecule has 162 valence electrons. The van der Waals surface area contributed by atoms with Crippen LogP contribution in [0.4, 0.5) is 5.69 Å². The van der Waals surface area contributed by atoms with Gasteiger partial charge < -0.3 is 10.1 Å². The summed E-state index contributed by atoms with van der Waals surface area (Å²) < 4.78 is 6.52. The maximum absolute atomic E-state index is 13.2. The molecule has 7 nitrogen and oxygen atoms in total. The van der Waals surface area contributed by atoms with Crippen LogP contribution in [0.5, 0.6) is 0 Å². The zero-order chi connectivity index (χ0) is 22.7. The molecule has 0 spiro atoms. The standard InChI is InChI=1S/C24H21N3O4S/c1-3-31-24(30)17-9-7-8-16(12-17)13-27-14-25-22-19(23(27)29)15(2)20(32-22)21(28)26-18-10-5-4-6-11-18/h4-12,14H,3,13H2,1-2H3,(H,26,28). The first-order valence-electron chi connectivity index (χ1n) is 10.1. The molecular weight excluding hydrogens is 426 g/mol. The van der Waals surface area contributed by atoms with Gasteiger partial charge in [0, 0.05) is 5.69 Å². The Morgan fingerprint density at radius 1 is 1.12 bits per heavy atom. The Morgan fingerprint density at radius 2 is 1.91 bits per heavy atom. The summed E-state index contributed by atoms with van der Waals surface area (Å²) >= 11 is 1.19. The first-order chi connectivity index (χ1) is 15.5. The number of ether oxygens (including phenoxy) is 1. The van der Waals surface area contributed by atoms with Crippen LogP contribution in [0.3, 0.4) is 0 Å². The summed E-state index contributed by atoms with van der Waals surface area (Å²) in [6.45, 7) is 4.05. The van der Waals surface area contributed by atoms with E-state index in [0.29, 0.717) is 38.5 Å². The molecule has 0 unspecified atom stereocenters. The lowest BCUT2D eigenvalue weighted by atomic mass is 10.1. The molecule has 4 rings (SSSR count). The molecule has 0 atom stereocenters. The van der Waals surface area contributed by atoms with Gasteiger partial charge in [-0.3, -0.25) is 14.2 Å². The van der Waals surface area contributed by atoms with Crippen LogP contribution in [-0.4, -0.2) is 28.0 Å². The maximum Gasteiger partial charge on any atom is 0.338 e. The summed E-state index contributed by atoms with van der Waals surface area (Å²) in [7, 11) is 0. The van der Waals surface area contributed by atoms with Crippen molar-refractivity contribution in [2.75, 3.05) is 11.9 Å². The number of anilines is 1. The Morgan fingerprint density at radius 3 is 2.66 bits per heavy atom. The average Bonchev–Trinajstić information content (AvgIpc) is 3.14. The van der Waals surface area contributed by atoms with Crippen molar-refractivity contribution in [3.8, 4) is 0 Å². The van der Waals surface area contributed by atoms with E-state index < -0.39 is 5.97 Å². The van der Waals surface area contributed by atoms with Crippen molar-refractivity contribution in [1.82, 2.24) is 9.55 Å². The van der Waals surface area contributed by atoms with Crippen LogP contribution in [0.1, 0.15) is 38.1 Å². The molecule has 0 saturated heterocycles. The van der Waals surface area contributed by atoms with Crippen molar-refractivity contribution in [3.63, 3.8) is 0 Å². The molecule has 1 amide bonds. The number of rotatable bonds is 6. The number of carbonyl (C=O) groups excluding carboxylic acids is 2. The zero-order valence-electron chi connectivity index (χ0n) is 17.6. The highest BCUT2D eigenvalue weighted by molar-refractivity contribution is 7.20. The van der Waals surface area contributed by atoms with Crippen LogP contribution in [0.15, 0.2) is 65.7 Å². The molecule has 0 bridgehead atoms. The van der Waals surface area contributed by atoms with E-state index in [1.165, 1.54) is 22.2 Å². The van der Waals surface area contributed by atoms with E-state index in [0.717, 1.165) is 5.56 Å². The van der Waals surface area contributed by atoms with Crippen molar-refractivity contribution in [1.29, 1.82) is 0 Å². The van der Waals surface area contributed by atoms with Crippen molar-refractivity contribution >= 4 is 39.1 Å². The summed E-state index contributed by atoms with van der Waals surface area (Å²) in [6.07, 6.45) is 1.47. The van der Waals surface area contributed by atoms with Crippen LogP contribution in [-0.2, 0) is 11.3 Å². The fourth-order valence-corrected chi connectivity index (χ4v) is 4.44. The highest BCUT2D eigenvalue weighted by Gasteiger charge is 2.20. The van der Waals surface area contributed by atoms with Crippen molar-refractivity contribution in [3.05, 3.63) is 92.8 Å². The molecule has 0 fully saturated rings. The third kappa shape index (κ3) is 4.31. The first-order valence-corrected chi connectivity index (χ1v) is 10.9. The molecule has 32 heavy (non-hydrogen) atoms. The van der Waals surface area contributed by atoms with E-state index in [4.69, 9.17) is 4.74 Å². The Bertz CT molecular complexity index is 1360. The number of esters is 1. The quantitative estimate of drug-likeness (QED) is 0.447. The van der Waals surface area contributed by atoms with Gasteiger partial charge in [0.15, 0.2) is 0 Å². The molecule has 2 heterocycles. The molecule has 0 saturated carbocycles. The lowest BCUT2D eigenvalue weighted by Gasteiger charge is -2.08. The smallest absolute Gasteiger partial charge is 0.338 e. The SMILES string of the molecule is CCOC(=O)c1cccc(Cn2cnc3sc(C(=O)Nc4ccccc4)c(C)c3c2=O)c1. The number of nitrogens with one attached hydrogen (secondary N) is 1. The first kappa shape index (κ1) is 21.5. The molecule has 0 aliphatic rings. The number of hydrogen-bond acceptors (Lipinski definition) is 6. The Balaban J connectivity index is 1.64. The van der Waals surface area contributed by atoms with Gasteiger partial charge in [0.2, 0.25) is 0 Å². The van der Waals surface area contributed by atoms with Gasteiger partial charge >= 0.3 is 5.97 Å². The van der Waals surface area contributed by atoms with E-state index in [1.807, 2.05) is 24.3 Å². The summed E-state index contributed by atoms with van der Waals surface area (Å²) in [5, 5.41) is 3.28. The Hall–Kier alpha value is -3.78. The normalized spacial score (nSPS) is 10.8. The van der Waals surface area contributed by atoms with Crippen molar-refractivity contribution < 1.29 is 14.3 Å². The van der Waals surface area contributed by atoms with Crippen molar-refractivity contribution in [2.45, 2.75) is 20.4 Å². The predicted octanol–water partition coefficient (Wildman–Crippen LogP) is 4.24. The van der Waals surface area contributed by atoms with E-state index in [2.05, 4.69) is 10.3 Å². The molecule has 0 radical (unpaired) electrons. The number of hydrogen-bond donors (Lipinski definition) is 1. The van der Waals surface area contributed by atoms with Crippen LogP contribution in [0.25, 0.3) is 10.2 Å². The average molecular weight is 448 g/mol. The minimum Gasteiger partial charge on any atom is -0.462 e. The third-order valence-corrected chi connectivity index (χ3v) is 6.14. The van der Waals surface area contributed by atoms with Gasteiger partial charge in [0.25, 0.3) is 11.5 Å². The topological polar surface area (TPSA) is 90.3 Å². The largest absolute Gasteiger partial charge is 0.462 e. The van der Waals surface area contributed by atoms with Gasteiger partial charge in [-0.15, -0.1) is 11.3 Å². The molecule has 1 N–H and O–H groups in total. The Labute approximate surface area is 188 Å². The molecule has 0 aliphatic carbocycles. The number of amides is 1. The summed E-state index contributed by atoms with van der Waals surface area (Å²) in [6, 6.07) is 16.1. The summed E-state index contributed by atoms with van der Waals surface area (Å²) in [5.74, 6) is -0.678. The zero-order valence-corrected chi connectivity index (χ0v) is 18.4. The molecule has 2 aromatic heterocycles.